The Morgan fingerprint density at radius 1 is 1.12 bits per heavy atom. The molecule has 0 aromatic heterocycles. The van der Waals surface area contributed by atoms with Crippen LogP contribution < -0.4 is 0 Å². The number of carbonyl (C=O) groups excluding carboxylic acids is 1. The number of hydrogen-bond acceptors (Lipinski definition) is 2. The Morgan fingerprint density at radius 2 is 1.71 bits per heavy atom. The summed E-state index contributed by atoms with van der Waals surface area (Å²) in [6.45, 7) is 1.06. The van der Waals surface area contributed by atoms with Gasteiger partial charge in [-0.05, 0) is 24.3 Å². The van der Waals surface area contributed by atoms with Crippen molar-refractivity contribution in [3.05, 3.63) is 35.9 Å². The molecular weight excluding hydrogens is 218 g/mol. The second-order valence-electron chi connectivity index (χ2n) is 4.28. The Hall–Kier alpha value is -1.84. The van der Waals surface area contributed by atoms with Gasteiger partial charge in [0.2, 0.25) is 0 Å². The zero-order valence-corrected chi connectivity index (χ0v) is 9.50. The van der Waals surface area contributed by atoms with Gasteiger partial charge < -0.3 is 10.0 Å². The third-order valence-electron chi connectivity index (χ3n) is 3.24. The molecule has 1 amide bonds. The lowest BCUT2D eigenvalue weighted by Gasteiger charge is -2.31. The van der Waals surface area contributed by atoms with Gasteiger partial charge in [0.05, 0.1) is 0 Å². The highest BCUT2D eigenvalue weighted by atomic mass is 16.4. The number of rotatable bonds is 1. The first-order chi connectivity index (χ1) is 8.18. The van der Waals surface area contributed by atoms with E-state index in [9.17, 15) is 9.59 Å². The van der Waals surface area contributed by atoms with Crippen molar-refractivity contribution in [2.24, 2.45) is 0 Å². The summed E-state index contributed by atoms with van der Waals surface area (Å²) in [7, 11) is 0. The van der Waals surface area contributed by atoms with Crippen molar-refractivity contribution in [3.8, 4) is 0 Å². The molecule has 0 unspecified atom stereocenters. The fourth-order valence-electron chi connectivity index (χ4n) is 2.28. The van der Waals surface area contributed by atoms with Gasteiger partial charge in [-0.1, -0.05) is 30.3 Å². The molecule has 0 saturated carbocycles. The lowest BCUT2D eigenvalue weighted by atomic mass is 9.89. The summed E-state index contributed by atoms with van der Waals surface area (Å²) < 4.78 is 0. The van der Waals surface area contributed by atoms with Crippen LogP contribution in [0.2, 0.25) is 0 Å². The molecule has 4 nitrogen and oxygen atoms in total. The molecule has 1 aromatic carbocycles. The van der Waals surface area contributed by atoms with Gasteiger partial charge in [0, 0.05) is 13.1 Å². The van der Waals surface area contributed by atoms with E-state index in [1.807, 2.05) is 18.2 Å². The number of aliphatic carboxylic acids is 1. The fourth-order valence-corrected chi connectivity index (χ4v) is 2.28. The van der Waals surface area contributed by atoms with Crippen LogP contribution in [0.15, 0.2) is 30.3 Å². The summed E-state index contributed by atoms with van der Waals surface area (Å²) in [6, 6.07) is 10.2. The van der Waals surface area contributed by atoms with Crippen LogP contribution in [0, 0.1) is 0 Å². The van der Waals surface area contributed by atoms with Crippen molar-refractivity contribution in [2.75, 3.05) is 13.1 Å². The lowest BCUT2D eigenvalue weighted by Crippen LogP contribution is -2.41. The molecule has 0 aliphatic carbocycles. The van der Waals surface area contributed by atoms with E-state index in [1.54, 1.807) is 0 Å². The van der Waals surface area contributed by atoms with Gasteiger partial charge in [-0.3, -0.25) is 4.79 Å². The third-order valence-corrected chi connectivity index (χ3v) is 3.24. The Labute approximate surface area is 99.9 Å². The predicted octanol–water partition coefficient (Wildman–Crippen LogP) is 1.48. The van der Waals surface area contributed by atoms with Crippen LogP contribution in [0.1, 0.15) is 24.3 Å². The van der Waals surface area contributed by atoms with Crippen LogP contribution in [0.3, 0.4) is 0 Å². The number of carboxylic acid groups (broad SMARTS) is 1. The molecule has 1 saturated heterocycles. The van der Waals surface area contributed by atoms with Gasteiger partial charge in [-0.15, -0.1) is 0 Å². The highest BCUT2D eigenvalue weighted by Crippen LogP contribution is 2.27. The van der Waals surface area contributed by atoms with Crippen LogP contribution in [0.25, 0.3) is 0 Å². The molecule has 1 aliphatic rings. The highest BCUT2D eigenvalue weighted by Gasteiger charge is 2.26. The lowest BCUT2D eigenvalue weighted by molar-refractivity contribution is -0.156. The zero-order chi connectivity index (χ0) is 12.3. The van der Waals surface area contributed by atoms with E-state index in [0.29, 0.717) is 19.0 Å². The average Bonchev–Trinajstić information content (AvgIpc) is 2.39. The monoisotopic (exact) mass is 233 g/mol. The van der Waals surface area contributed by atoms with Crippen LogP contribution in [-0.2, 0) is 9.59 Å². The second kappa shape index (κ2) is 4.99. The van der Waals surface area contributed by atoms with Gasteiger partial charge in [0.1, 0.15) is 0 Å². The maximum atomic E-state index is 11.3. The molecule has 1 aliphatic heterocycles. The molecule has 2 rings (SSSR count). The molecule has 0 bridgehead atoms. The normalized spacial score (nSPS) is 16.8. The number of likely N-dealkylation sites (tertiary alicyclic amines) is 1. The molecule has 1 N–H and O–H groups in total. The first-order valence-corrected chi connectivity index (χ1v) is 5.75. The molecule has 0 atom stereocenters. The van der Waals surface area contributed by atoms with Crippen LogP contribution in [0.5, 0.6) is 0 Å². The summed E-state index contributed by atoms with van der Waals surface area (Å²) >= 11 is 0. The van der Waals surface area contributed by atoms with E-state index < -0.39 is 11.9 Å². The van der Waals surface area contributed by atoms with Gasteiger partial charge in [0.15, 0.2) is 0 Å². The summed E-state index contributed by atoms with van der Waals surface area (Å²) in [5, 5.41) is 8.63. The SMILES string of the molecule is O=C(O)C(=O)N1CCC(c2ccccc2)CC1. The number of carboxylic acids is 1. The summed E-state index contributed by atoms with van der Waals surface area (Å²) in [4.78, 5) is 23.2. The Morgan fingerprint density at radius 3 is 2.24 bits per heavy atom. The zero-order valence-electron chi connectivity index (χ0n) is 9.50. The number of carbonyl (C=O) groups is 2. The Balaban J connectivity index is 1.95. The molecule has 17 heavy (non-hydrogen) atoms. The largest absolute Gasteiger partial charge is 0.474 e. The van der Waals surface area contributed by atoms with E-state index in [2.05, 4.69) is 12.1 Å². The number of nitrogens with zero attached hydrogens (tertiary/aromatic N) is 1. The van der Waals surface area contributed by atoms with Gasteiger partial charge in [-0.2, -0.15) is 0 Å². The van der Waals surface area contributed by atoms with Crippen LogP contribution in [0.4, 0.5) is 0 Å². The fraction of sp³-hybridized carbons (Fsp3) is 0.385. The predicted molar refractivity (Wildman–Crippen MR) is 62.6 cm³/mol. The van der Waals surface area contributed by atoms with Crippen molar-refractivity contribution < 1.29 is 14.7 Å². The van der Waals surface area contributed by atoms with Gasteiger partial charge in [0.25, 0.3) is 0 Å². The van der Waals surface area contributed by atoms with E-state index in [-0.39, 0.29) is 0 Å². The maximum absolute atomic E-state index is 11.3. The van der Waals surface area contributed by atoms with Crippen LogP contribution in [-0.4, -0.2) is 35.0 Å². The van der Waals surface area contributed by atoms with Gasteiger partial charge in [-0.25, -0.2) is 4.79 Å². The Bertz CT molecular complexity index is 408. The maximum Gasteiger partial charge on any atom is 0.394 e. The van der Waals surface area contributed by atoms with E-state index >= 15 is 0 Å². The number of piperidine rings is 1. The molecular formula is C13H15NO3. The minimum absolute atomic E-state index is 0.439. The van der Waals surface area contributed by atoms with Crippen molar-refractivity contribution in [1.29, 1.82) is 0 Å². The summed E-state index contributed by atoms with van der Waals surface area (Å²) in [5.41, 5.74) is 1.27. The second-order valence-corrected chi connectivity index (χ2v) is 4.28. The van der Waals surface area contributed by atoms with Gasteiger partial charge >= 0.3 is 11.9 Å². The summed E-state index contributed by atoms with van der Waals surface area (Å²) in [6.07, 6.45) is 1.67. The molecule has 1 aromatic rings. The standard InChI is InChI=1S/C13H15NO3/c15-12(13(16)17)14-8-6-11(7-9-14)10-4-2-1-3-5-10/h1-5,11H,6-9H2,(H,16,17). The molecule has 0 radical (unpaired) electrons. The number of hydrogen-bond donors (Lipinski definition) is 1. The highest BCUT2D eigenvalue weighted by molar-refractivity contribution is 6.31. The topological polar surface area (TPSA) is 57.6 Å². The summed E-state index contributed by atoms with van der Waals surface area (Å²) in [5.74, 6) is -1.70. The minimum atomic E-state index is -1.36. The number of benzene rings is 1. The average molecular weight is 233 g/mol. The van der Waals surface area contributed by atoms with E-state index in [4.69, 9.17) is 5.11 Å². The molecule has 1 fully saturated rings. The molecule has 0 spiro atoms. The Kier molecular flexibility index (Phi) is 3.42. The minimum Gasteiger partial charge on any atom is -0.474 e. The first-order valence-electron chi connectivity index (χ1n) is 5.75. The van der Waals surface area contributed by atoms with Crippen molar-refractivity contribution in [3.63, 3.8) is 0 Å². The molecule has 4 heteroatoms. The van der Waals surface area contributed by atoms with Crippen molar-refractivity contribution >= 4 is 11.9 Å². The molecule has 1 heterocycles. The van der Waals surface area contributed by atoms with Crippen molar-refractivity contribution in [2.45, 2.75) is 18.8 Å². The van der Waals surface area contributed by atoms with Crippen molar-refractivity contribution in [1.82, 2.24) is 4.90 Å². The van der Waals surface area contributed by atoms with E-state index in [1.165, 1.54) is 10.5 Å². The smallest absolute Gasteiger partial charge is 0.394 e. The molecule has 90 valence electrons. The third kappa shape index (κ3) is 2.64. The van der Waals surface area contributed by atoms with E-state index in [0.717, 1.165) is 12.8 Å². The number of amides is 1. The quantitative estimate of drug-likeness (QED) is 0.747. The first kappa shape index (κ1) is 11.6. The van der Waals surface area contributed by atoms with Crippen LogP contribution >= 0.6 is 0 Å².